The first-order valence-corrected chi connectivity index (χ1v) is 8.52. The summed E-state index contributed by atoms with van der Waals surface area (Å²) in [7, 11) is 0. The Kier molecular flexibility index (Phi) is 4.05. The van der Waals surface area contributed by atoms with Gasteiger partial charge in [0.05, 0.1) is 11.6 Å². The molecule has 2 N–H and O–H groups in total. The normalized spacial score (nSPS) is 22.1. The first-order valence-electron chi connectivity index (χ1n) is 8.52. The molecule has 0 unspecified atom stereocenters. The molecule has 0 saturated carbocycles. The molecule has 1 aromatic carbocycles. The van der Waals surface area contributed by atoms with E-state index in [1.54, 1.807) is 4.90 Å². The molecule has 1 aliphatic heterocycles. The molecule has 5 nitrogen and oxygen atoms in total. The first kappa shape index (κ1) is 16.8. The van der Waals surface area contributed by atoms with Gasteiger partial charge in [0.15, 0.2) is 0 Å². The Morgan fingerprint density at radius 2 is 2.04 bits per heavy atom. The van der Waals surface area contributed by atoms with Crippen LogP contribution in [0.1, 0.15) is 50.3 Å². The van der Waals surface area contributed by atoms with E-state index in [1.807, 2.05) is 39.0 Å². The van der Waals surface area contributed by atoms with Crippen LogP contribution in [0.3, 0.4) is 0 Å². The molecule has 1 amide bonds. The number of fused-ring (bicyclic) bond motifs is 2. The highest BCUT2D eigenvalue weighted by Crippen LogP contribution is 2.46. The summed E-state index contributed by atoms with van der Waals surface area (Å²) in [5.74, 6) is 0. The van der Waals surface area contributed by atoms with Crippen LogP contribution in [0.25, 0.3) is 0 Å². The van der Waals surface area contributed by atoms with Crippen molar-refractivity contribution < 1.29 is 9.53 Å². The van der Waals surface area contributed by atoms with Gasteiger partial charge in [-0.1, -0.05) is 6.07 Å². The second kappa shape index (κ2) is 5.78. The number of carbonyl (C=O) groups is 1. The number of nitriles is 1. The standard InChI is InChI=1S/C19H25N3O2/c1-18(2,3)24-17(23)22-8-6-19(7-9-22)15-10-13(12-20)4-5-14(15)11-16(19)21/h4-5,10,16H,6-9,11,21H2,1-3H3/t16-/m1/s1. The van der Waals surface area contributed by atoms with Gasteiger partial charge in [-0.2, -0.15) is 5.26 Å². The lowest BCUT2D eigenvalue weighted by Gasteiger charge is -2.42. The van der Waals surface area contributed by atoms with Crippen molar-refractivity contribution in [3.63, 3.8) is 0 Å². The fraction of sp³-hybridized carbons (Fsp3) is 0.579. The highest BCUT2D eigenvalue weighted by molar-refractivity contribution is 5.68. The number of nitrogens with zero attached hydrogens (tertiary/aromatic N) is 2. The van der Waals surface area contributed by atoms with Crippen molar-refractivity contribution in [1.29, 1.82) is 5.26 Å². The van der Waals surface area contributed by atoms with Crippen molar-refractivity contribution in [2.75, 3.05) is 13.1 Å². The van der Waals surface area contributed by atoms with E-state index in [2.05, 4.69) is 6.07 Å². The molecule has 1 saturated heterocycles. The van der Waals surface area contributed by atoms with E-state index in [0.29, 0.717) is 18.7 Å². The second-order valence-corrected chi connectivity index (χ2v) is 7.92. The average Bonchev–Trinajstić information content (AvgIpc) is 2.78. The van der Waals surface area contributed by atoms with Crippen molar-refractivity contribution in [3.8, 4) is 6.07 Å². The Bertz CT molecular complexity index is 692. The van der Waals surface area contributed by atoms with Crippen LogP contribution >= 0.6 is 0 Å². The monoisotopic (exact) mass is 327 g/mol. The van der Waals surface area contributed by atoms with Crippen LogP contribution in [-0.2, 0) is 16.6 Å². The fourth-order valence-electron chi connectivity index (χ4n) is 3.97. The maximum atomic E-state index is 12.3. The van der Waals surface area contributed by atoms with E-state index < -0.39 is 5.60 Å². The van der Waals surface area contributed by atoms with Crippen LogP contribution < -0.4 is 5.73 Å². The number of benzene rings is 1. The molecule has 0 radical (unpaired) electrons. The molecule has 1 fully saturated rings. The zero-order valence-corrected chi connectivity index (χ0v) is 14.6. The van der Waals surface area contributed by atoms with E-state index >= 15 is 0 Å². The summed E-state index contributed by atoms with van der Waals surface area (Å²) in [6.07, 6.45) is 2.22. The van der Waals surface area contributed by atoms with Gasteiger partial charge in [-0.05, 0) is 63.3 Å². The maximum absolute atomic E-state index is 12.3. The molecule has 2 aliphatic rings. The van der Waals surface area contributed by atoms with E-state index in [4.69, 9.17) is 10.5 Å². The van der Waals surface area contributed by atoms with Gasteiger partial charge in [-0.15, -0.1) is 0 Å². The lowest BCUT2D eigenvalue weighted by molar-refractivity contribution is 0.0155. The summed E-state index contributed by atoms with van der Waals surface area (Å²) >= 11 is 0. The number of hydrogen-bond acceptors (Lipinski definition) is 4. The molecule has 128 valence electrons. The highest BCUT2D eigenvalue weighted by Gasteiger charge is 2.47. The first-order chi connectivity index (χ1) is 11.2. The number of hydrogen-bond donors (Lipinski definition) is 1. The smallest absolute Gasteiger partial charge is 0.410 e. The van der Waals surface area contributed by atoms with Gasteiger partial charge in [-0.3, -0.25) is 0 Å². The Hall–Kier alpha value is -2.06. The highest BCUT2D eigenvalue weighted by atomic mass is 16.6. The lowest BCUT2D eigenvalue weighted by atomic mass is 9.71. The minimum atomic E-state index is -0.482. The van der Waals surface area contributed by atoms with Crippen molar-refractivity contribution in [3.05, 3.63) is 34.9 Å². The van der Waals surface area contributed by atoms with Crippen molar-refractivity contribution in [2.24, 2.45) is 5.73 Å². The van der Waals surface area contributed by atoms with Gasteiger partial charge < -0.3 is 15.4 Å². The molecule has 1 heterocycles. The van der Waals surface area contributed by atoms with Crippen LogP contribution in [0, 0.1) is 11.3 Å². The van der Waals surface area contributed by atoms with Crippen molar-refractivity contribution in [2.45, 2.75) is 57.1 Å². The number of carbonyl (C=O) groups excluding carboxylic acids is 1. The number of ether oxygens (including phenoxy) is 1. The predicted octanol–water partition coefficient (Wildman–Crippen LogP) is 2.71. The minimum Gasteiger partial charge on any atom is -0.444 e. The van der Waals surface area contributed by atoms with E-state index in [-0.39, 0.29) is 17.6 Å². The topological polar surface area (TPSA) is 79.3 Å². The van der Waals surface area contributed by atoms with E-state index in [1.165, 1.54) is 11.1 Å². The number of rotatable bonds is 0. The van der Waals surface area contributed by atoms with Gasteiger partial charge in [0, 0.05) is 24.5 Å². The Morgan fingerprint density at radius 1 is 1.38 bits per heavy atom. The van der Waals surface area contributed by atoms with Gasteiger partial charge in [0.2, 0.25) is 0 Å². The van der Waals surface area contributed by atoms with Crippen LogP contribution in [0.5, 0.6) is 0 Å². The third-order valence-electron chi connectivity index (χ3n) is 5.23. The SMILES string of the molecule is CC(C)(C)OC(=O)N1CCC2(CC1)c1cc(C#N)ccc1C[C@H]2N. The largest absolute Gasteiger partial charge is 0.444 e. The van der Waals surface area contributed by atoms with E-state index in [9.17, 15) is 10.1 Å². The third-order valence-corrected chi connectivity index (χ3v) is 5.23. The van der Waals surface area contributed by atoms with Gasteiger partial charge in [0.1, 0.15) is 5.60 Å². The van der Waals surface area contributed by atoms with Crippen LogP contribution in [0.15, 0.2) is 18.2 Å². The molecular formula is C19H25N3O2. The molecule has 1 aliphatic carbocycles. The molecule has 3 rings (SSSR count). The third kappa shape index (κ3) is 2.87. The Balaban J connectivity index is 1.79. The molecule has 24 heavy (non-hydrogen) atoms. The van der Waals surface area contributed by atoms with Crippen molar-refractivity contribution >= 4 is 6.09 Å². The van der Waals surface area contributed by atoms with E-state index in [0.717, 1.165) is 19.3 Å². The summed E-state index contributed by atoms with van der Waals surface area (Å²) in [6, 6.07) is 8.15. The number of piperidine rings is 1. The number of nitrogens with two attached hydrogens (primary N) is 1. The van der Waals surface area contributed by atoms with Gasteiger partial charge >= 0.3 is 6.09 Å². The quantitative estimate of drug-likeness (QED) is 0.794. The Labute approximate surface area is 143 Å². The maximum Gasteiger partial charge on any atom is 0.410 e. The minimum absolute atomic E-state index is 0.0437. The summed E-state index contributed by atoms with van der Waals surface area (Å²) < 4.78 is 5.47. The van der Waals surface area contributed by atoms with Crippen molar-refractivity contribution in [1.82, 2.24) is 4.90 Å². The second-order valence-electron chi connectivity index (χ2n) is 7.92. The van der Waals surface area contributed by atoms with Crippen LogP contribution in [-0.4, -0.2) is 35.7 Å². The molecule has 1 aromatic rings. The lowest BCUT2D eigenvalue weighted by Crippen LogP contribution is -2.52. The predicted molar refractivity (Wildman–Crippen MR) is 91.6 cm³/mol. The van der Waals surface area contributed by atoms with Gasteiger partial charge in [0.25, 0.3) is 0 Å². The number of amides is 1. The zero-order valence-electron chi connectivity index (χ0n) is 14.6. The summed E-state index contributed by atoms with van der Waals surface area (Å²) in [6.45, 7) is 6.91. The molecule has 0 bridgehead atoms. The molecule has 1 spiro atoms. The average molecular weight is 327 g/mol. The van der Waals surface area contributed by atoms with Crippen LogP contribution in [0.2, 0.25) is 0 Å². The fourth-order valence-corrected chi connectivity index (χ4v) is 3.97. The molecule has 1 atom stereocenters. The Morgan fingerprint density at radius 3 is 2.62 bits per heavy atom. The molecule has 5 heteroatoms. The molecule has 0 aromatic heterocycles. The summed E-state index contributed by atoms with van der Waals surface area (Å²) in [4.78, 5) is 14.0. The van der Waals surface area contributed by atoms with Gasteiger partial charge in [-0.25, -0.2) is 4.79 Å². The zero-order chi connectivity index (χ0) is 17.5. The molecular weight excluding hydrogens is 302 g/mol. The van der Waals surface area contributed by atoms with Crippen LogP contribution in [0.4, 0.5) is 4.79 Å². The number of likely N-dealkylation sites (tertiary alicyclic amines) is 1. The summed E-state index contributed by atoms with van der Waals surface area (Å²) in [5, 5.41) is 9.19. The summed E-state index contributed by atoms with van der Waals surface area (Å²) in [5.41, 5.74) is 9.01.